The van der Waals surface area contributed by atoms with Gasteiger partial charge in [0.2, 0.25) is 10.0 Å². The van der Waals surface area contributed by atoms with Crippen LogP contribution in [0.5, 0.6) is 0 Å². The Labute approximate surface area is 147 Å². The Morgan fingerprint density at radius 2 is 2.08 bits per heavy atom. The molecule has 1 aliphatic carbocycles. The van der Waals surface area contributed by atoms with Crippen LogP contribution >= 0.6 is 0 Å². The maximum absolute atomic E-state index is 13.0. The zero-order valence-corrected chi connectivity index (χ0v) is 14.9. The lowest BCUT2D eigenvalue weighted by atomic mass is 10.1. The number of carbonyl (C=O) groups excluding carboxylic acids is 1. The molecule has 1 aliphatic rings. The summed E-state index contributed by atoms with van der Waals surface area (Å²) < 4.78 is 26.8. The van der Waals surface area contributed by atoms with Crippen molar-refractivity contribution in [3.63, 3.8) is 0 Å². The van der Waals surface area contributed by atoms with Gasteiger partial charge in [0.05, 0.1) is 4.90 Å². The fourth-order valence-corrected chi connectivity index (χ4v) is 3.76. The van der Waals surface area contributed by atoms with Crippen LogP contribution in [0.1, 0.15) is 35.7 Å². The molecule has 1 aromatic heterocycles. The lowest BCUT2D eigenvalue weighted by molar-refractivity contribution is 0.0729. The lowest BCUT2D eigenvalue weighted by Gasteiger charge is -2.22. The number of pyridine rings is 1. The number of hydrogen-bond acceptors (Lipinski definition) is 4. The van der Waals surface area contributed by atoms with E-state index in [4.69, 9.17) is 0 Å². The molecule has 0 bridgehead atoms. The van der Waals surface area contributed by atoms with Gasteiger partial charge in [-0.1, -0.05) is 19.1 Å². The highest BCUT2D eigenvalue weighted by molar-refractivity contribution is 7.89. The molecule has 1 saturated carbocycles. The third-order valence-electron chi connectivity index (χ3n) is 4.05. The Kier molecular flexibility index (Phi) is 5.15. The summed E-state index contributed by atoms with van der Waals surface area (Å²) >= 11 is 0. The fraction of sp³-hybridized carbons (Fsp3) is 0.333. The van der Waals surface area contributed by atoms with E-state index < -0.39 is 10.0 Å². The number of aromatic nitrogens is 1. The highest BCUT2D eigenvalue weighted by Gasteiger charge is 2.33. The average molecular weight is 359 g/mol. The highest BCUT2D eigenvalue weighted by Crippen LogP contribution is 2.30. The van der Waals surface area contributed by atoms with E-state index in [1.807, 2.05) is 12.1 Å². The summed E-state index contributed by atoms with van der Waals surface area (Å²) in [7, 11) is -3.59. The molecule has 1 aromatic carbocycles. The summed E-state index contributed by atoms with van der Waals surface area (Å²) in [5.41, 5.74) is 1.34. The van der Waals surface area contributed by atoms with Crippen LogP contribution in [-0.2, 0) is 16.6 Å². The normalized spacial score (nSPS) is 14.3. The van der Waals surface area contributed by atoms with Gasteiger partial charge in [-0.25, -0.2) is 13.1 Å². The molecule has 6 nitrogen and oxygen atoms in total. The summed E-state index contributed by atoms with van der Waals surface area (Å²) in [6.07, 6.45) is 5.39. The van der Waals surface area contributed by atoms with E-state index in [2.05, 4.69) is 9.71 Å². The van der Waals surface area contributed by atoms with Gasteiger partial charge in [-0.05, 0) is 42.7 Å². The van der Waals surface area contributed by atoms with Crippen LogP contribution < -0.4 is 4.72 Å². The van der Waals surface area contributed by atoms with Crippen molar-refractivity contribution in [1.82, 2.24) is 14.6 Å². The molecule has 1 N–H and O–H groups in total. The van der Waals surface area contributed by atoms with Gasteiger partial charge in [0.1, 0.15) is 0 Å². The maximum atomic E-state index is 13.0. The molecule has 3 rings (SSSR count). The topological polar surface area (TPSA) is 79.4 Å². The van der Waals surface area contributed by atoms with E-state index in [-0.39, 0.29) is 16.8 Å². The Balaban J connectivity index is 1.85. The van der Waals surface area contributed by atoms with Crippen molar-refractivity contribution in [3.05, 3.63) is 59.9 Å². The first-order valence-corrected chi connectivity index (χ1v) is 9.79. The number of nitrogens with one attached hydrogen (secondary N) is 1. The zero-order chi connectivity index (χ0) is 17.9. The predicted molar refractivity (Wildman–Crippen MR) is 94.4 cm³/mol. The van der Waals surface area contributed by atoms with E-state index in [9.17, 15) is 13.2 Å². The number of carbonyl (C=O) groups is 1. The van der Waals surface area contributed by atoms with E-state index in [1.54, 1.807) is 36.4 Å². The molecule has 25 heavy (non-hydrogen) atoms. The van der Waals surface area contributed by atoms with Crippen LogP contribution in [0.2, 0.25) is 0 Å². The van der Waals surface area contributed by atoms with Crippen LogP contribution in [0, 0.1) is 0 Å². The first-order valence-electron chi connectivity index (χ1n) is 8.31. The monoisotopic (exact) mass is 359 g/mol. The quantitative estimate of drug-likeness (QED) is 0.822. The van der Waals surface area contributed by atoms with Crippen LogP contribution in [0.25, 0.3) is 0 Å². The number of sulfonamides is 1. The average Bonchev–Trinajstić information content (AvgIpc) is 3.45. The van der Waals surface area contributed by atoms with Gasteiger partial charge in [-0.2, -0.15) is 0 Å². The van der Waals surface area contributed by atoms with Gasteiger partial charge < -0.3 is 4.90 Å². The Bertz CT molecular complexity index is 849. The van der Waals surface area contributed by atoms with Crippen LogP contribution in [0.4, 0.5) is 0 Å². The van der Waals surface area contributed by atoms with E-state index in [0.717, 1.165) is 18.4 Å². The molecule has 0 atom stereocenters. The first-order chi connectivity index (χ1) is 12.0. The summed E-state index contributed by atoms with van der Waals surface area (Å²) in [6.45, 7) is 2.49. The molecule has 7 heteroatoms. The van der Waals surface area contributed by atoms with Crippen LogP contribution in [-0.4, -0.2) is 36.8 Å². The molecule has 1 heterocycles. The van der Waals surface area contributed by atoms with Gasteiger partial charge >= 0.3 is 0 Å². The van der Waals surface area contributed by atoms with Crippen molar-refractivity contribution in [2.24, 2.45) is 0 Å². The van der Waals surface area contributed by atoms with Crippen LogP contribution in [0.3, 0.4) is 0 Å². The molecule has 132 valence electrons. The third kappa shape index (κ3) is 4.24. The fourth-order valence-electron chi connectivity index (χ4n) is 2.68. The number of benzene rings is 1. The standard InChI is InChI=1S/C18H21N3O3S/c1-2-20-25(23,24)17-7-3-6-15(11-17)18(22)21(16-8-9-16)13-14-5-4-10-19-12-14/h3-7,10-12,16,20H,2,8-9,13H2,1H3. The van der Waals surface area contributed by atoms with Gasteiger partial charge in [0, 0.05) is 37.1 Å². The number of amides is 1. The molecule has 0 aliphatic heterocycles. The van der Waals surface area contributed by atoms with Crippen molar-refractivity contribution in [1.29, 1.82) is 0 Å². The molecule has 0 spiro atoms. The largest absolute Gasteiger partial charge is 0.331 e. The van der Waals surface area contributed by atoms with E-state index >= 15 is 0 Å². The minimum Gasteiger partial charge on any atom is -0.331 e. The summed E-state index contributed by atoms with van der Waals surface area (Å²) in [4.78, 5) is 19.0. The molecule has 1 amide bonds. The molecule has 0 saturated heterocycles. The molecule has 0 unspecified atom stereocenters. The smallest absolute Gasteiger partial charge is 0.254 e. The van der Waals surface area contributed by atoms with Crippen LogP contribution in [0.15, 0.2) is 53.7 Å². The predicted octanol–water partition coefficient (Wildman–Crippen LogP) is 2.18. The van der Waals surface area contributed by atoms with Crippen molar-refractivity contribution in [2.45, 2.75) is 37.2 Å². The molecule has 2 aromatic rings. The van der Waals surface area contributed by atoms with Gasteiger partial charge in [0.15, 0.2) is 0 Å². The van der Waals surface area contributed by atoms with Crippen molar-refractivity contribution in [2.75, 3.05) is 6.54 Å². The Morgan fingerprint density at radius 1 is 1.28 bits per heavy atom. The number of hydrogen-bond donors (Lipinski definition) is 1. The minimum absolute atomic E-state index is 0.109. The highest BCUT2D eigenvalue weighted by atomic mass is 32.2. The van der Waals surface area contributed by atoms with Crippen molar-refractivity contribution in [3.8, 4) is 0 Å². The second-order valence-corrected chi connectivity index (χ2v) is 7.82. The second-order valence-electron chi connectivity index (χ2n) is 6.05. The third-order valence-corrected chi connectivity index (χ3v) is 5.59. The first kappa shape index (κ1) is 17.6. The number of rotatable bonds is 7. The summed E-state index contributed by atoms with van der Waals surface area (Å²) in [6, 6.07) is 10.2. The second kappa shape index (κ2) is 7.33. The van der Waals surface area contributed by atoms with Crippen molar-refractivity contribution >= 4 is 15.9 Å². The number of nitrogens with zero attached hydrogens (tertiary/aromatic N) is 2. The molecular weight excluding hydrogens is 338 g/mol. The molecular formula is C18H21N3O3S. The van der Waals surface area contributed by atoms with Gasteiger partial charge in [-0.3, -0.25) is 9.78 Å². The Hall–Kier alpha value is -2.25. The maximum Gasteiger partial charge on any atom is 0.254 e. The minimum atomic E-state index is -3.59. The zero-order valence-electron chi connectivity index (χ0n) is 14.1. The summed E-state index contributed by atoms with van der Waals surface area (Å²) in [5, 5.41) is 0. The lowest BCUT2D eigenvalue weighted by Crippen LogP contribution is -2.33. The van der Waals surface area contributed by atoms with E-state index in [1.165, 1.54) is 12.1 Å². The molecule has 0 radical (unpaired) electrons. The van der Waals surface area contributed by atoms with Crippen molar-refractivity contribution < 1.29 is 13.2 Å². The summed E-state index contributed by atoms with van der Waals surface area (Å²) in [5.74, 6) is -0.153. The SMILES string of the molecule is CCNS(=O)(=O)c1cccc(C(=O)N(Cc2cccnc2)C2CC2)c1. The van der Waals surface area contributed by atoms with E-state index in [0.29, 0.717) is 18.7 Å². The Morgan fingerprint density at radius 3 is 2.72 bits per heavy atom. The van der Waals surface area contributed by atoms with Gasteiger partial charge in [0.25, 0.3) is 5.91 Å². The molecule has 1 fully saturated rings. The van der Waals surface area contributed by atoms with Gasteiger partial charge in [-0.15, -0.1) is 0 Å².